The summed E-state index contributed by atoms with van der Waals surface area (Å²) in [4.78, 5) is 2.76. The normalized spacial score (nSPS) is 35.5. The molecule has 0 radical (unpaired) electrons. The Balaban J connectivity index is 1.40. The van der Waals surface area contributed by atoms with Crippen LogP contribution in [0.3, 0.4) is 0 Å². The molecular formula is C31H53N5O2S. The topological polar surface area (TPSA) is 69.8 Å². The summed E-state index contributed by atoms with van der Waals surface area (Å²) in [5, 5.41) is 11.8. The Labute approximate surface area is 241 Å². The van der Waals surface area contributed by atoms with Gasteiger partial charge in [0, 0.05) is 49.9 Å². The van der Waals surface area contributed by atoms with E-state index < -0.39 is 0 Å². The van der Waals surface area contributed by atoms with Crippen molar-refractivity contribution < 1.29 is 9.47 Å². The van der Waals surface area contributed by atoms with Crippen LogP contribution < -0.4 is 20.7 Å². The van der Waals surface area contributed by atoms with Gasteiger partial charge in [0.25, 0.3) is 0 Å². The number of rotatable bonds is 4. The summed E-state index contributed by atoms with van der Waals surface area (Å²) < 4.78 is 16.9. The van der Waals surface area contributed by atoms with Crippen LogP contribution >= 0.6 is 11.9 Å². The van der Waals surface area contributed by atoms with Gasteiger partial charge in [-0.1, -0.05) is 57.3 Å². The van der Waals surface area contributed by atoms with Crippen molar-refractivity contribution in [3.63, 3.8) is 0 Å². The third-order valence-electron chi connectivity index (χ3n) is 8.94. The molecule has 4 aliphatic rings. The highest BCUT2D eigenvalue weighted by Crippen LogP contribution is 2.35. The summed E-state index contributed by atoms with van der Waals surface area (Å²) in [5.74, 6) is 0.723. The number of fused-ring (bicyclic) bond motifs is 4. The lowest BCUT2D eigenvalue weighted by Gasteiger charge is -2.42. The molecule has 3 aliphatic heterocycles. The van der Waals surface area contributed by atoms with E-state index in [4.69, 9.17) is 9.47 Å². The van der Waals surface area contributed by atoms with Gasteiger partial charge in [-0.2, -0.15) is 0 Å². The van der Waals surface area contributed by atoms with Crippen LogP contribution in [0.15, 0.2) is 18.2 Å². The summed E-state index contributed by atoms with van der Waals surface area (Å²) in [5.41, 5.74) is 4.35. The van der Waals surface area contributed by atoms with Crippen molar-refractivity contribution >= 4 is 11.9 Å². The van der Waals surface area contributed by atoms with E-state index in [2.05, 4.69) is 78.4 Å². The molecule has 220 valence electrons. The Kier molecular flexibility index (Phi) is 10.3. The van der Waals surface area contributed by atoms with E-state index in [1.54, 1.807) is 0 Å². The first-order valence-electron chi connectivity index (χ1n) is 15.4. The van der Waals surface area contributed by atoms with Crippen LogP contribution in [-0.2, 0) is 9.47 Å². The molecule has 1 aromatic carbocycles. The molecule has 1 aromatic rings. The molecule has 5 unspecified atom stereocenters. The molecule has 8 heteroatoms. The van der Waals surface area contributed by atoms with Crippen molar-refractivity contribution in [2.24, 2.45) is 11.3 Å². The van der Waals surface area contributed by atoms with E-state index in [1.807, 2.05) is 11.9 Å². The molecular weight excluding hydrogens is 506 g/mol. The van der Waals surface area contributed by atoms with Gasteiger partial charge in [0.2, 0.25) is 0 Å². The number of benzene rings is 1. The molecule has 4 bridgehead atoms. The summed E-state index contributed by atoms with van der Waals surface area (Å²) in [7, 11) is 0. The maximum atomic E-state index is 6.85. The monoisotopic (exact) mass is 559 g/mol. The minimum absolute atomic E-state index is 0.00889. The zero-order valence-electron chi connectivity index (χ0n) is 24.9. The van der Waals surface area contributed by atoms with Crippen LogP contribution in [0.1, 0.15) is 82.0 Å². The Morgan fingerprint density at radius 2 is 1.87 bits per heavy atom. The number of aryl methyl sites for hydroxylation is 2. The zero-order valence-corrected chi connectivity index (χ0v) is 25.7. The smallest absolute Gasteiger partial charge is 0.123 e. The van der Waals surface area contributed by atoms with Crippen molar-refractivity contribution in [3.05, 3.63) is 34.9 Å². The van der Waals surface area contributed by atoms with Crippen molar-refractivity contribution in [1.82, 2.24) is 25.6 Å². The van der Waals surface area contributed by atoms with Gasteiger partial charge in [0.05, 0.1) is 19.3 Å². The second-order valence-corrected chi connectivity index (χ2v) is 14.8. The van der Waals surface area contributed by atoms with E-state index in [1.165, 1.54) is 42.4 Å². The van der Waals surface area contributed by atoms with Gasteiger partial charge in [-0.05, 0) is 67.6 Å². The first-order valence-corrected chi connectivity index (χ1v) is 16.3. The van der Waals surface area contributed by atoms with Gasteiger partial charge in [-0.3, -0.25) is 15.5 Å². The second kappa shape index (κ2) is 13.5. The molecule has 4 fully saturated rings. The van der Waals surface area contributed by atoms with Crippen LogP contribution in [0.5, 0.6) is 0 Å². The average Bonchev–Trinajstić information content (AvgIpc) is 2.90. The molecule has 4 N–H and O–H groups in total. The summed E-state index contributed by atoms with van der Waals surface area (Å²) >= 11 is 1.94. The molecule has 7 nitrogen and oxygen atoms in total. The van der Waals surface area contributed by atoms with E-state index in [-0.39, 0.29) is 30.1 Å². The molecule has 1 saturated carbocycles. The lowest BCUT2D eigenvalue weighted by molar-refractivity contribution is -0.0638. The number of nitrogens with zero attached hydrogens (tertiary/aromatic N) is 1. The van der Waals surface area contributed by atoms with Crippen molar-refractivity contribution in [2.75, 3.05) is 39.4 Å². The number of morpholine rings is 1. The molecule has 3 heterocycles. The van der Waals surface area contributed by atoms with Gasteiger partial charge in [-0.15, -0.1) is 0 Å². The van der Waals surface area contributed by atoms with Crippen LogP contribution in [0, 0.1) is 25.2 Å². The van der Waals surface area contributed by atoms with E-state index in [9.17, 15) is 0 Å². The third kappa shape index (κ3) is 8.41. The van der Waals surface area contributed by atoms with E-state index >= 15 is 0 Å². The highest BCUT2D eigenvalue weighted by atomic mass is 32.2. The van der Waals surface area contributed by atoms with E-state index in [0.29, 0.717) is 11.3 Å². The third-order valence-corrected chi connectivity index (χ3v) is 10.1. The zero-order chi connectivity index (χ0) is 27.4. The first-order chi connectivity index (χ1) is 18.7. The molecule has 5 rings (SSSR count). The molecule has 0 amide bonds. The van der Waals surface area contributed by atoms with Crippen LogP contribution in [0.2, 0.25) is 0 Å². The molecule has 7 atom stereocenters. The second-order valence-electron chi connectivity index (χ2n) is 13.6. The quantitative estimate of drug-likeness (QED) is 0.403. The van der Waals surface area contributed by atoms with Crippen molar-refractivity contribution in [2.45, 2.75) is 109 Å². The first kappa shape index (κ1) is 29.8. The molecule has 39 heavy (non-hydrogen) atoms. The summed E-state index contributed by atoms with van der Waals surface area (Å²) in [6, 6.07) is 7.26. The Hall–Kier alpha value is -0.710. The standard InChI is InChI=1S/C31H53N5O2S/c1-21-8-6-9-22(2)29(21)27-15-28-34-30(33-27)35-39-26-11-7-10-23(14-26)18-36(19-25-17-32-12-13-37-25)24(20-38-28)16-31(3,4)5/h6,8-9,23-28,30,32-35H,7,10-20H2,1-5H3/t23?,24-,25+,26?,27?,28?,30?/m1/s1. The van der Waals surface area contributed by atoms with Crippen LogP contribution in [0.4, 0.5) is 0 Å². The van der Waals surface area contributed by atoms with Gasteiger partial charge in [-0.25, -0.2) is 4.72 Å². The fourth-order valence-corrected chi connectivity index (χ4v) is 8.27. The molecule has 3 saturated heterocycles. The summed E-state index contributed by atoms with van der Waals surface area (Å²) in [6.07, 6.45) is 7.50. The van der Waals surface area contributed by atoms with Gasteiger partial charge >= 0.3 is 0 Å². The fourth-order valence-electron chi connectivity index (χ4n) is 7.16. The molecule has 0 spiro atoms. The predicted molar refractivity (Wildman–Crippen MR) is 162 cm³/mol. The van der Waals surface area contributed by atoms with Crippen LogP contribution in [0.25, 0.3) is 0 Å². The minimum atomic E-state index is -0.00889. The average molecular weight is 560 g/mol. The number of ether oxygens (including phenoxy) is 2. The number of nitrogens with one attached hydrogen (secondary N) is 4. The van der Waals surface area contributed by atoms with Gasteiger partial charge in [0.15, 0.2) is 0 Å². The highest BCUT2D eigenvalue weighted by Gasteiger charge is 2.36. The summed E-state index contributed by atoms with van der Waals surface area (Å²) in [6.45, 7) is 17.2. The SMILES string of the molecule is Cc1cccc(C)c1C1CC2NC(NSC3CCCC(C3)CN(C[C@@H]3CNCCO3)[C@H](CC(C)(C)C)CO2)N1. The van der Waals surface area contributed by atoms with Crippen molar-refractivity contribution in [3.8, 4) is 0 Å². The fraction of sp³-hybridized carbons (Fsp3) is 0.806. The van der Waals surface area contributed by atoms with Crippen molar-refractivity contribution in [1.29, 1.82) is 0 Å². The largest absolute Gasteiger partial charge is 0.374 e. The van der Waals surface area contributed by atoms with E-state index in [0.717, 1.165) is 58.2 Å². The molecule has 1 aliphatic carbocycles. The lowest BCUT2D eigenvalue weighted by Crippen LogP contribution is -2.61. The maximum absolute atomic E-state index is 6.85. The highest BCUT2D eigenvalue weighted by molar-refractivity contribution is 7.98. The Morgan fingerprint density at radius 3 is 2.62 bits per heavy atom. The minimum Gasteiger partial charge on any atom is -0.374 e. The number of hydrogen-bond donors (Lipinski definition) is 4. The van der Waals surface area contributed by atoms with Crippen LogP contribution in [-0.4, -0.2) is 74.2 Å². The Morgan fingerprint density at radius 1 is 1.05 bits per heavy atom. The Bertz CT molecular complexity index is 900. The van der Waals surface area contributed by atoms with Gasteiger partial charge in [0.1, 0.15) is 12.5 Å². The maximum Gasteiger partial charge on any atom is 0.123 e. The lowest BCUT2D eigenvalue weighted by atomic mass is 9.85. The number of hydrogen-bond acceptors (Lipinski definition) is 8. The molecule has 0 aromatic heterocycles. The predicted octanol–water partition coefficient (Wildman–Crippen LogP) is 4.46. The van der Waals surface area contributed by atoms with Gasteiger partial charge < -0.3 is 14.8 Å².